The minimum absolute atomic E-state index is 0.167. The van der Waals surface area contributed by atoms with E-state index < -0.39 is 17.8 Å². The molecule has 1 aromatic rings. The molecule has 2 heterocycles. The number of amides is 2. The first kappa shape index (κ1) is 12.3. The summed E-state index contributed by atoms with van der Waals surface area (Å²) in [5.74, 6) is -0.759. The highest BCUT2D eigenvalue weighted by Crippen LogP contribution is 2.28. The highest BCUT2D eigenvalue weighted by molar-refractivity contribution is 6.04. The molecule has 2 amide bonds. The largest absolute Gasteiger partial charge is 0.433 e. The number of carbonyl (C=O) groups excluding carboxylic acids is 2. The van der Waals surface area contributed by atoms with E-state index in [1.54, 1.807) is 0 Å². The maximum absolute atomic E-state index is 12.3. The molecule has 0 atom stereocenters. The molecule has 1 saturated heterocycles. The number of nitrogens with one attached hydrogen (secondary N) is 1. The summed E-state index contributed by atoms with van der Waals surface area (Å²) in [6, 6.07) is 1.89. The van der Waals surface area contributed by atoms with Crippen molar-refractivity contribution in [2.75, 3.05) is 18.0 Å². The Kier molecular flexibility index (Phi) is 2.93. The molecular formula is C10H8F3N3O2. The lowest BCUT2D eigenvalue weighted by atomic mass is 10.2. The second-order valence-electron chi connectivity index (χ2n) is 3.66. The number of piperazine rings is 1. The Morgan fingerprint density at radius 2 is 2.00 bits per heavy atom. The van der Waals surface area contributed by atoms with Crippen molar-refractivity contribution in [3.8, 4) is 0 Å². The smallest absolute Gasteiger partial charge is 0.345 e. The number of alkyl halides is 3. The zero-order valence-corrected chi connectivity index (χ0v) is 8.99. The molecule has 0 aromatic carbocycles. The topological polar surface area (TPSA) is 62.3 Å². The highest BCUT2D eigenvalue weighted by Gasteiger charge is 2.33. The van der Waals surface area contributed by atoms with Crippen molar-refractivity contribution in [1.82, 2.24) is 10.3 Å². The molecule has 2 rings (SSSR count). The van der Waals surface area contributed by atoms with Crippen LogP contribution in [0, 0.1) is 0 Å². The Bertz CT molecular complexity index is 484. The molecule has 5 nitrogen and oxygen atoms in total. The quantitative estimate of drug-likeness (QED) is 0.801. The Balaban J connectivity index is 2.23. The molecule has 8 heteroatoms. The van der Waals surface area contributed by atoms with E-state index in [2.05, 4.69) is 10.3 Å². The van der Waals surface area contributed by atoms with Gasteiger partial charge in [-0.3, -0.25) is 14.5 Å². The van der Waals surface area contributed by atoms with Crippen molar-refractivity contribution >= 4 is 17.5 Å². The van der Waals surface area contributed by atoms with Gasteiger partial charge in [0.05, 0.1) is 18.4 Å². The van der Waals surface area contributed by atoms with Gasteiger partial charge in [0.25, 0.3) is 0 Å². The first-order valence-corrected chi connectivity index (χ1v) is 4.98. The van der Waals surface area contributed by atoms with Crippen LogP contribution in [0.4, 0.5) is 18.9 Å². The summed E-state index contributed by atoms with van der Waals surface area (Å²) in [6.07, 6.45) is -3.60. The number of nitrogens with zero attached hydrogens (tertiary/aromatic N) is 2. The van der Waals surface area contributed by atoms with Gasteiger partial charge in [-0.25, -0.2) is 4.98 Å². The number of hydrogen-bond acceptors (Lipinski definition) is 3. The second-order valence-corrected chi connectivity index (χ2v) is 3.66. The van der Waals surface area contributed by atoms with Crippen molar-refractivity contribution in [2.24, 2.45) is 0 Å². The van der Waals surface area contributed by atoms with Crippen LogP contribution in [0.1, 0.15) is 5.69 Å². The predicted octanol–water partition coefficient (Wildman–Crippen LogP) is 0.563. The first-order chi connectivity index (χ1) is 8.38. The fourth-order valence-corrected chi connectivity index (χ4v) is 1.51. The Hall–Kier alpha value is -2.12. The lowest BCUT2D eigenvalue weighted by Crippen LogP contribution is -2.51. The maximum atomic E-state index is 12.3. The van der Waals surface area contributed by atoms with Crippen LogP contribution in [0.15, 0.2) is 18.3 Å². The molecule has 18 heavy (non-hydrogen) atoms. The van der Waals surface area contributed by atoms with Gasteiger partial charge in [-0.05, 0) is 12.1 Å². The fraction of sp³-hybridized carbons (Fsp3) is 0.300. The van der Waals surface area contributed by atoms with E-state index in [1.165, 1.54) is 0 Å². The molecule has 0 aliphatic carbocycles. The zero-order chi connectivity index (χ0) is 13.3. The van der Waals surface area contributed by atoms with Crippen molar-refractivity contribution < 1.29 is 22.8 Å². The summed E-state index contributed by atoms with van der Waals surface area (Å²) < 4.78 is 36.9. The number of rotatable bonds is 1. The standard InChI is InChI=1S/C10H8F3N3O2/c11-10(12,13)7-2-1-6(3-14-7)16-5-8(17)15-4-9(16)18/h1-3H,4-5H2,(H,15,17). The van der Waals surface area contributed by atoms with Crippen LogP contribution >= 0.6 is 0 Å². The third-order valence-corrected chi connectivity index (χ3v) is 2.39. The molecule has 0 unspecified atom stereocenters. The van der Waals surface area contributed by atoms with Crippen molar-refractivity contribution in [1.29, 1.82) is 0 Å². The SMILES string of the molecule is O=C1CN(c2ccc(C(F)(F)F)nc2)C(=O)CN1. The molecule has 1 fully saturated rings. The average molecular weight is 259 g/mol. The van der Waals surface area contributed by atoms with E-state index in [0.29, 0.717) is 0 Å². The van der Waals surface area contributed by atoms with E-state index in [9.17, 15) is 22.8 Å². The minimum Gasteiger partial charge on any atom is -0.345 e. The molecule has 1 aliphatic heterocycles. The first-order valence-electron chi connectivity index (χ1n) is 4.98. The molecule has 0 radical (unpaired) electrons. The summed E-state index contributed by atoms with van der Waals surface area (Å²) in [5.41, 5.74) is -0.872. The third kappa shape index (κ3) is 2.41. The van der Waals surface area contributed by atoms with Crippen molar-refractivity contribution in [3.63, 3.8) is 0 Å². The number of halogens is 3. The maximum Gasteiger partial charge on any atom is 0.433 e. The third-order valence-electron chi connectivity index (χ3n) is 2.39. The summed E-state index contributed by atoms with van der Waals surface area (Å²) >= 11 is 0. The second kappa shape index (κ2) is 4.28. The summed E-state index contributed by atoms with van der Waals surface area (Å²) in [6.45, 7) is -0.383. The van der Waals surface area contributed by atoms with Gasteiger partial charge in [0.2, 0.25) is 11.8 Å². The predicted molar refractivity (Wildman–Crippen MR) is 54.6 cm³/mol. The Morgan fingerprint density at radius 1 is 1.28 bits per heavy atom. The molecule has 96 valence electrons. The van der Waals surface area contributed by atoms with Crippen LogP contribution in [0.25, 0.3) is 0 Å². The number of anilines is 1. The van der Waals surface area contributed by atoms with Crippen LogP contribution in [0.3, 0.4) is 0 Å². The van der Waals surface area contributed by atoms with E-state index in [-0.39, 0.29) is 24.7 Å². The molecular weight excluding hydrogens is 251 g/mol. The van der Waals surface area contributed by atoms with Gasteiger partial charge in [0.15, 0.2) is 0 Å². The summed E-state index contributed by atoms with van der Waals surface area (Å²) in [7, 11) is 0. The van der Waals surface area contributed by atoms with Crippen LogP contribution < -0.4 is 10.2 Å². The normalized spacial score (nSPS) is 16.7. The molecule has 1 N–H and O–H groups in total. The van der Waals surface area contributed by atoms with Crippen LogP contribution in [-0.2, 0) is 15.8 Å². The van der Waals surface area contributed by atoms with Crippen LogP contribution in [0.2, 0.25) is 0 Å². The monoisotopic (exact) mass is 259 g/mol. The molecule has 0 saturated carbocycles. The fourth-order valence-electron chi connectivity index (χ4n) is 1.51. The Labute approximate surface area is 99.6 Å². The molecule has 1 aliphatic rings. The van der Waals surface area contributed by atoms with Gasteiger partial charge in [-0.1, -0.05) is 0 Å². The molecule has 0 bridgehead atoms. The number of aromatic nitrogens is 1. The zero-order valence-electron chi connectivity index (χ0n) is 8.99. The van der Waals surface area contributed by atoms with Gasteiger partial charge in [-0.2, -0.15) is 13.2 Å². The lowest BCUT2D eigenvalue weighted by Gasteiger charge is -2.26. The van der Waals surface area contributed by atoms with E-state index in [1.807, 2.05) is 0 Å². The van der Waals surface area contributed by atoms with Crippen LogP contribution in [0.5, 0.6) is 0 Å². The highest BCUT2D eigenvalue weighted by atomic mass is 19.4. The van der Waals surface area contributed by atoms with Gasteiger partial charge in [-0.15, -0.1) is 0 Å². The summed E-state index contributed by atoms with van der Waals surface area (Å²) in [4.78, 5) is 26.9. The van der Waals surface area contributed by atoms with Crippen molar-refractivity contribution in [3.05, 3.63) is 24.0 Å². The number of carbonyl (C=O) groups is 2. The Morgan fingerprint density at radius 3 is 2.56 bits per heavy atom. The number of pyridine rings is 1. The minimum atomic E-state index is -4.53. The van der Waals surface area contributed by atoms with Gasteiger partial charge in [0, 0.05) is 0 Å². The van der Waals surface area contributed by atoms with Gasteiger partial charge in [0.1, 0.15) is 12.2 Å². The number of hydrogen-bond donors (Lipinski definition) is 1. The lowest BCUT2D eigenvalue weighted by molar-refractivity contribution is -0.141. The van der Waals surface area contributed by atoms with Gasteiger partial charge < -0.3 is 5.32 Å². The van der Waals surface area contributed by atoms with Crippen molar-refractivity contribution in [2.45, 2.75) is 6.18 Å². The summed E-state index contributed by atoms with van der Waals surface area (Å²) in [5, 5.41) is 2.34. The van der Waals surface area contributed by atoms with E-state index in [4.69, 9.17) is 0 Å². The molecule has 1 aromatic heterocycles. The van der Waals surface area contributed by atoms with E-state index >= 15 is 0 Å². The average Bonchev–Trinajstić information content (AvgIpc) is 2.31. The van der Waals surface area contributed by atoms with E-state index in [0.717, 1.165) is 23.2 Å². The van der Waals surface area contributed by atoms with Crippen LogP contribution in [-0.4, -0.2) is 29.9 Å². The van der Waals surface area contributed by atoms with Gasteiger partial charge >= 0.3 is 6.18 Å². The molecule has 0 spiro atoms.